The monoisotopic (exact) mass is 161 g/mol. The summed E-state index contributed by atoms with van der Waals surface area (Å²) in [5.74, 6) is -2.50. The molecule has 0 unspecified atom stereocenters. The fourth-order valence-corrected chi connectivity index (χ4v) is 1.29. The van der Waals surface area contributed by atoms with Crippen molar-refractivity contribution in [1.29, 1.82) is 0 Å². The molecule has 0 bridgehead atoms. The Labute approximate surface area is 65.7 Å². The predicted molar refractivity (Wildman–Crippen MR) is 40.6 cm³/mol. The maximum atomic E-state index is 12.7. The SMILES string of the molecule is C=C(C)N1CCCC(F)(F)C1. The Hall–Kier alpha value is -0.600. The summed E-state index contributed by atoms with van der Waals surface area (Å²) in [5.41, 5.74) is 0.740. The molecular formula is C8H13F2N. The van der Waals surface area contributed by atoms with Crippen LogP contribution in [0.5, 0.6) is 0 Å². The first-order valence-corrected chi connectivity index (χ1v) is 3.79. The van der Waals surface area contributed by atoms with Crippen LogP contribution < -0.4 is 0 Å². The van der Waals surface area contributed by atoms with Crippen LogP contribution >= 0.6 is 0 Å². The molecule has 1 saturated heterocycles. The van der Waals surface area contributed by atoms with Crippen LogP contribution in [-0.2, 0) is 0 Å². The number of rotatable bonds is 1. The van der Waals surface area contributed by atoms with Gasteiger partial charge in [-0.2, -0.15) is 0 Å². The molecule has 1 fully saturated rings. The number of allylic oxidation sites excluding steroid dienone is 1. The average Bonchev–Trinajstić information content (AvgIpc) is 1.85. The second-order valence-corrected chi connectivity index (χ2v) is 3.12. The van der Waals surface area contributed by atoms with E-state index in [1.165, 1.54) is 0 Å². The van der Waals surface area contributed by atoms with Gasteiger partial charge in [-0.25, -0.2) is 8.78 Å². The van der Waals surface area contributed by atoms with Gasteiger partial charge in [0.05, 0.1) is 6.54 Å². The lowest BCUT2D eigenvalue weighted by atomic mass is 10.1. The lowest BCUT2D eigenvalue weighted by molar-refractivity contribution is -0.0548. The van der Waals surface area contributed by atoms with Gasteiger partial charge in [0.15, 0.2) is 0 Å². The Morgan fingerprint density at radius 1 is 1.55 bits per heavy atom. The molecule has 1 nitrogen and oxygen atoms in total. The number of halogens is 2. The van der Waals surface area contributed by atoms with Crippen molar-refractivity contribution >= 4 is 0 Å². The lowest BCUT2D eigenvalue weighted by Crippen LogP contribution is -2.41. The number of hydrogen-bond donors (Lipinski definition) is 0. The molecule has 0 aromatic heterocycles. The van der Waals surface area contributed by atoms with Gasteiger partial charge < -0.3 is 4.90 Å². The number of nitrogens with zero attached hydrogens (tertiary/aromatic N) is 1. The number of alkyl halides is 2. The van der Waals surface area contributed by atoms with Crippen LogP contribution in [0.15, 0.2) is 12.3 Å². The van der Waals surface area contributed by atoms with E-state index in [1.54, 1.807) is 11.8 Å². The molecule has 11 heavy (non-hydrogen) atoms. The molecule has 0 atom stereocenters. The highest BCUT2D eigenvalue weighted by Gasteiger charge is 2.34. The summed E-state index contributed by atoms with van der Waals surface area (Å²) in [6, 6.07) is 0. The molecule has 64 valence electrons. The highest BCUT2D eigenvalue weighted by atomic mass is 19.3. The smallest absolute Gasteiger partial charge is 0.265 e. The van der Waals surface area contributed by atoms with E-state index in [4.69, 9.17) is 0 Å². The topological polar surface area (TPSA) is 3.24 Å². The maximum Gasteiger partial charge on any atom is 0.265 e. The van der Waals surface area contributed by atoms with Crippen LogP contribution in [0.3, 0.4) is 0 Å². The van der Waals surface area contributed by atoms with Gasteiger partial charge in [-0.05, 0) is 13.3 Å². The molecule has 1 rings (SSSR count). The molecule has 1 aliphatic heterocycles. The van der Waals surface area contributed by atoms with E-state index in [0.29, 0.717) is 6.42 Å². The lowest BCUT2D eigenvalue weighted by Gasteiger charge is -2.34. The zero-order chi connectivity index (χ0) is 8.48. The van der Waals surface area contributed by atoms with Crippen LogP contribution in [0.2, 0.25) is 0 Å². The van der Waals surface area contributed by atoms with Crippen LogP contribution in [0.25, 0.3) is 0 Å². The zero-order valence-corrected chi connectivity index (χ0v) is 6.74. The van der Waals surface area contributed by atoms with Crippen LogP contribution in [-0.4, -0.2) is 23.9 Å². The molecule has 0 N–H and O–H groups in total. The molecule has 0 aromatic carbocycles. The molecule has 0 spiro atoms. The third-order valence-corrected chi connectivity index (χ3v) is 1.93. The molecule has 0 amide bonds. The zero-order valence-electron chi connectivity index (χ0n) is 6.74. The summed E-state index contributed by atoms with van der Waals surface area (Å²) < 4.78 is 25.5. The normalized spacial score (nSPS) is 23.4. The minimum absolute atomic E-state index is 0.0246. The summed E-state index contributed by atoms with van der Waals surface area (Å²) in [7, 11) is 0. The molecule has 1 heterocycles. The number of likely N-dealkylation sites (tertiary alicyclic amines) is 1. The molecule has 3 heteroatoms. The number of piperidine rings is 1. The van der Waals surface area contributed by atoms with E-state index in [1.807, 2.05) is 0 Å². The Morgan fingerprint density at radius 2 is 2.18 bits per heavy atom. The largest absolute Gasteiger partial charge is 0.370 e. The van der Waals surface area contributed by atoms with Gasteiger partial charge >= 0.3 is 0 Å². The van der Waals surface area contributed by atoms with Gasteiger partial charge in [0.25, 0.3) is 5.92 Å². The van der Waals surface area contributed by atoms with Crippen molar-refractivity contribution in [2.24, 2.45) is 0 Å². The van der Waals surface area contributed by atoms with E-state index in [-0.39, 0.29) is 13.0 Å². The minimum atomic E-state index is -2.50. The second kappa shape index (κ2) is 2.80. The standard InChI is InChI=1S/C8H13F2N/c1-7(2)11-5-3-4-8(9,10)6-11/h1,3-6H2,2H3. The highest BCUT2D eigenvalue weighted by molar-refractivity contribution is 4.93. The Bertz CT molecular complexity index is 165. The molecular weight excluding hydrogens is 148 g/mol. The predicted octanol–water partition coefficient (Wildman–Crippen LogP) is 2.25. The Kier molecular flexibility index (Phi) is 2.16. The van der Waals surface area contributed by atoms with E-state index >= 15 is 0 Å². The van der Waals surface area contributed by atoms with E-state index in [9.17, 15) is 8.78 Å². The molecule has 0 saturated carbocycles. The summed E-state index contributed by atoms with van der Waals surface area (Å²) in [6.07, 6.45) is 0.594. The van der Waals surface area contributed by atoms with Crippen molar-refractivity contribution in [3.05, 3.63) is 12.3 Å². The van der Waals surface area contributed by atoms with Crippen molar-refractivity contribution in [3.63, 3.8) is 0 Å². The highest BCUT2D eigenvalue weighted by Crippen LogP contribution is 2.27. The Balaban J connectivity index is 2.53. The van der Waals surface area contributed by atoms with Crippen molar-refractivity contribution in [2.75, 3.05) is 13.1 Å². The van der Waals surface area contributed by atoms with Gasteiger partial charge in [-0.1, -0.05) is 6.58 Å². The molecule has 0 aromatic rings. The van der Waals surface area contributed by atoms with E-state index < -0.39 is 5.92 Å². The maximum absolute atomic E-state index is 12.7. The summed E-state index contributed by atoms with van der Waals surface area (Å²) >= 11 is 0. The summed E-state index contributed by atoms with van der Waals surface area (Å²) in [4.78, 5) is 1.64. The quantitative estimate of drug-likeness (QED) is 0.570. The van der Waals surface area contributed by atoms with Crippen molar-refractivity contribution in [3.8, 4) is 0 Å². The van der Waals surface area contributed by atoms with Gasteiger partial charge in [0.2, 0.25) is 0 Å². The van der Waals surface area contributed by atoms with Crippen molar-refractivity contribution in [1.82, 2.24) is 4.90 Å². The van der Waals surface area contributed by atoms with Crippen molar-refractivity contribution < 1.29 is 8.78 Å². The third kappa shape index (κ3) is 2.17. The second-order valence-electron chi connectivity index (χ2n) is 3.12. The van der Waals surface area contributed by atoms with Gasteiger partial charge in [-0.15, -0.1) is 0 Å². The molecule has 1 aliphatic rings. The van der Waals surface area contributed by atoms with E-state index in [2.05, 4.69) is 6.58 Å². The van der Waals surface area contributed by atoms with Crippen LogP contribution in [0.4, 0.5) is 8.78 Å². The fraction of sp³-hybridized carbons (Fsp3) is 0.750. The van der Waals surface area contributed by atoms with Crippen molar-refractivity contribution in [2.45, 2.75) is 25.7 Å². The summed E-state index contributed by atoms with van der Waals surface area (Å²) in [6.45, 7) is 5.98. The number of hydrogen-bond acceptors (Lipinski definition) is 1. The van der Waals surface area contributed by atoms with Crippen LogP contribution in [0.1, 0.15) is 19.8 Å². The first kappa shape index (κ1) is 8.50. The van der Waals surface area contributed by atoms with E-state index in [0.717, 1.165) is 12.2 Å². The fourth-order valence-electron chi connectivity index (χ4n) is 1.29. The van der Waals surface area contributed by atoms with Gasteiger partial charge in [0, 0.05) is 18.7 Å². The molecule has 0 radical (unpaired) electrons. The molecule has 0 aliphatic carbocycles. The first-order chi connectivity index (χ1) is 5.01. The van der Waals surface area contributed by atoms with Crippen LogP contribution in [0, 0.1) is 0 Å². The average molecular weight is 161 g/mol. The van der Waals surface area contributed by atoms with Gasteiger partial charge in [-0.3, -0.25) is 0 Å². The first-order valence-electron chi connectivity index (χ1n) is 3.79. The van der Waals surface area contributed by atoms with Gasteiger partial charge in [0.1, 0.15) is 0 Å². The third-order valence-electron chi connectivity index (χ3n) is 1.93. The summed E-state index contributed by atoms with van der Waals surface area (Å²) in [5, 5.41) is 0. The Morgan fingerprint density at radius 3 is 2.55 bits per heavy atom. The minimum Gasteiger partial charge on any atom is -0.370 e.